The SMILES string of the molecule is CN[C@H](CC(C)C)C(=O)NC1C(=O)NC(CC(N)=O)C(=O)N[C@H]2C(=O)N[C@H]3C(=O)N[C@H](C(=O)N[C@@H](O)c4cc(O)cc(O)c4-c4cc3ccc4O)[C@H](O[C@H]3C[C@](C)(N)[C@@H](O)[C@H](C)O3)c3ccc(c(Cl)c3)Oc3cc2cc(c3O[C@@H]2O[C@H](CO)[C@@H](O[C@@H]3O[C@H](CNCc4cccc(NC(=O)c5cc(Cl)cc(Cl)c5)c4)[C@H](O)[C@H](O)[C@H]3O)[C@H](O)[C@H]2O)Oc2ccc(cc2Cl)[C@H]1O. The molecule has 0 saturated carbocycles. The fraction of sp³-hybridized carbons (Fsp3) is 0.412. The maximum absolute atomic E-state index is 16.4. The van der Waals surface area contributed by atoms with Crippen LogP contribution in [0.15, 0.2) is 121 Å². The van der Waals surface area contributed by atoms with E-state index in [1.807, 2.05) is 13.8 Å². The molecule has 0 aromatic heterocycles. The van der Waals surface area contributed by atoms with Gasteiger partial charge in [-0.05, 0) is 146 Å². The molecule has 11 bridgehead atoms. The molecule has 15 rings (SSSR count). The lowest BCUT2D eigenvalue weighted by molar-refractivity contribution is -0.350. The molecule has 43 heteroatoms. The van der Waals surface area contributed by atoms with Crippen molar-refractivity contribution >= 4 is 99.3 Å². The van der Waals surface area contributed by atoms with Gasteiger partial charge in [0.1, 0.15) is 120 Å². The molecule has 0 spiro atoms. The van der Waals surface area contributed by atoms with Crippen molar-refractivity contribution in [3.8, 4) is 57.1 Å². The zero-order valence-corrected chi connectivity index (χ0v) is 71.7. The molecule has 8 aliphatic heterocycles. The van der Waals surface area contributed by atoms with Crippen LogP contribution >= 0.6 is 46.4 Å². The molecule has 0 aliphatic carbocycles. The molecular weight excluding hydrogens is 1760 g/mol. The molecule has 23 atom stereocenters. The standard InChI is InChI=1S/C85H95Cl4N11O28/c1-32(2)15-48(92-5)77(115)98-63-65(106)36-10-13-52(46(88)20-36)122-54-22-38-23-55(72(54)127-84-70(111)68(109)73(57(31-101)125-84)128-83-69(110)67(108)66(107)56(124-83)30-93-29-34-7-6-8-42(16-34)94-75(113)39-17-40(86)24-41(87)18-39)123-53-14-11-37(21-47(53)89)71(126-59-28-85(4,91)74(112)33(3)121-59)64-82(120)100-76(114)45-25-43(102)26-51(104)60(45)44-19-35(9-12-50(44)103)61(79(117)99-64)97-80(118)62(38)96-78(116)49(27-58(90)105)95-81(63)119/h6-14,16-26,32-33,48-49,56-57,59,61-71,73-74,76,83-84,92-93,101-104,106-112,114H,15,27-31,91H2,1-5H3,(H2,90,105)(H,94,113)(H,95,119)(H,96,116)(H,97,118)(H,98,115)(H,99,117)(H,100,120)/t33-,48+,49?,56+,57+,59-,61+,62+,63?,64-,65+,66-,67-,68+,69+,70+,71+,73+,74-,76-,83-,84-,85-/m0/s1. The number of halogens is 4. The Balaban J connectivity index is 0.935. The molecule has 8 aliphatic rings. The summed E-state index contributed by atoms with van der Waals surface area (Å²) in [5, 5.41) is 164. The Morgan fingerprint density at radius 3 is 1.91 bits per heavy atom. The van der Waals surface area contributed by atoms with E-state index in [4.69, 9.17) is 95.8 Å². The van der Waals surface area contributed by atoms with Crippen LogP contribution in [0.4, 0.5) is 5.69 Å². The van der Waals surface area contributed by atoms with Gasteiger partial charge >= 0.3 is 0 Å². The fourth-order valence-corrected chi connectivity index (χ4v) is 16.8. The van der Waals surface area contributed by atoms with Crippen molar-refractivity contribution in [2.45, 2.75) is 194 Å². The first kappa shape index (κ1) is 95.2. The van der Waals surface area contributed by atoms with Gasteiger partial charge in [0.25, 0.3) is 5.91 Å². The third-order valence-electron chi connectivity index (χ3n) is 22.4. The van der Waals surface area contributed by atoms with Crippen molar-refractivity contribution in [1.29, 1.82) is 0 Å². The van der Waals surface area contributed by atoms with Crippen molar-refractivity contribution in [3.05, 3.63) is 180 Å². The monoisotopic (exact) mass is 1860 g/mol. The highest BCUT2D eigenvalue weighted by Crippen LogP contribution is 2.50. The molecule has 7 aromatic carbocycles. The second-order valence-electron chi connectivity index (χ2n) is 32.4. The van der Waals surface area contributed by atoms with E-state index >= 15 is 24.0 Å². The molecule has 3 saturated heterocycles. The number of carbonyl (C=O) groups is 8. The normalized spacial score (nSPS) is 29.3. The number of anilines is 1. The van der Waals surface area contributed by atoms with E-state index in [-0.39, 0.29) is 64.1 Å². The van der Waals surface area contributed by atoms with Crippen molar-refractivity contribution < 1.29 is 138 Å². The summed E-state index contributed by atoms with van der Waals surface area (Å²) in [6, 6.07) is 12.8. The van der Waals surface area contributed by atoms with Crippen molar-refractivity contribution in [1.82, 2.24) is 42.5 Å². The number of nitrogens with two attached hydrogens (primary N) is 2. The van der Waals surface area contributed by atoms with Gasteiger partial charge in [-0.15, -0.1) is 0 Å². The van der Waals surface area contributed by atoms with E-state index in [2.05, 4.69) is 47.9 Å². The molecule has 2 unspecified atom stereocenters. The zero-order valence-electron chi connectivity index (χ0n) is 68.6. The number of amides is 8. The number of hydrogen-bond acceptors (Lipinski definition) is 31. The number of phenolic OH excluding ortho intramolecular Hbond substituents is 3. The van der Waals surface area contributed by atoms with Crippen LogP contribution in [0.25, 0.3) is 11.1 Å². The summed E-state index contributed by atoms with van der Waals surface area (Å²) in [4.78, 5) is 119. The Kier molecular flexibility index (Phi) is 29.7. The van der Waals surface area contributed by atoms with Crippen LogP contribution in [0.2, 0.25) is 20.1 Å². The highest BCUT2D eigenvalue weighted by Gasteiger charge is 2.53. The lowest BCUT2D eigenvalue weighted by atomic mass is 9.86. The van der Waals surface area contributed by atoms with Crippen LogP contribution in [0.1, 0.15) is 121 Å². The van der Waals surface area contributed by atoms with Crippen LogP contribution in [-0.4, -0.2) is 238 Å². The number of aliphatic hydroxyl groups is 9. The highest BCUT2D eigenvalue weighted by molar-refractivity contribution is 6.35. The predicted octanol–water partition coefficient (Wildman–Crippen LogP) is 2.15. The third-order valence-corrected chi connectivity index (χ3v) is 23.4. The van der Waals surface area contributed by atoms with Gasteiger partial charge in [-0.25, -0.2) is 0 Å². The third kappa shape index (κ3) is 21.2. The number of rotatable bonds is 20. The van der Waals surface area contributed by atoms with Crippen LogP contribution in [0, 0.1) is 5.92 Å². The average Bonchev–Trinajstić information content (AvgIpc) is 0.771. The topological polar surface area (TPSA) is 613 Å². The number of phenols is 3. The number of carbonyl (C=O) groups excluding carboxylic acids is 8. The lowest BCUT2D eigenvalue weighted by Crippen LogP contribution is -2.65. The van der Waals surface area contributed by atoms with Crippen LogP contribution in [0.5, 0.6) is 46.0 Å². The molecule has 8 heterocycles. The summed E-state index contributed by atoms with van der Waals surface area (Å²) in [5.74, 6) is -14.8. The second-order valence-corrected chi connectivity index (χ2v) is 34.1. The van der Waals surface area contributed by atoms with E-state index in [9.17, 15) is 75.7 Å². The highest BCUT2D eigenvalue weighted by atomic mass is 35.5. The Morgan fingerprint density at radius 1 is 0.633 bits per heavy atom. The van der Waals surface area contributed by atoms with Crippen LogP contribution in [-0.2, 0) is 63.8 Å². The minimum absolute atomic E-state index is 0.0566. The summed E-state index contributed by atoms with van der Waals surface area (Å²) in [7, 11) is 1.46. The Hall–Kier alpha value is -10.4. The number of likely N-dealkylation sites (N-methyl/N-ethyl adjacent to an activating group) is 1. The van der Waals surface area contributed by atoms with Gasteiger partial charge in [0, 0.05) is 69.1 Å². The minimum Gasteiger partial charge on any atom is -0.508 e. The molecule has 7 aromatic rings. The first-order chi connectivity index (χ1) is 60.6. The maximum Gasteiger partial charge on any atom is 0.255 e. The molecule has 128 heavy (non-hydrogen) atoms. The van der Waals surface area contributed by atoms with Gasteiger partial charge in [0.15, 0.2) is 30.3 Å². The molecule has 686 valence electrons. The van der Waals surface area contributed by atoms with Crippen molar-refractivity contribution in [2.75, 3.05) is 25.5 Å². The largest absolute Gasteiger partial charge is 0.508 e. The number of fused-ring (bicyclic) bond motifs is 15. The maximum atomic E-state index is 16.4. The molecule has 8 amide bonds. The molecular formula is C85H95Cl4N11O28. The summed E-state index contributed by atoms with van der Waals surface area (Å²) in [5.41, 5.74) is 9.61. The van der Waals surface area contributed by atoms with E-state index in [0.717, 1.165) is 54.6 Å². The van der Waals surface area contributed by atoms with Crippen molar-refractivity contribution in [2.24, 2.45) is 17.4 Å². The first-order valence-electron chi connectivity index (χ1n) is 40.3. The van der Waals surface area contributed by atoms with Gasteiger partial charge in [0.2, 0.25) is 53.4 Å². The fourth-order valence-electron chi connectivity index (χ4n) is 15.8. The number of ether oxygens (including phenoxy) is 8. The average molecular weight is 1860 g/mol. The van der Waals surface area contributed by atoms with Gasteiger partial charge in [-0.2, -0.15) is 0 Å². The van der Waals surface area contributed by atoms with Crippen LogP contribution < -0.4 is 73.5 Å². The molecule has 25 N–H and O–H groups in total. The summed E-state index contributed by atoms with van der Waals surface area (Å²) < 4.78 is 51.3. The van der Waals surface area contributed by atoms with Crippen LogP contribution in [0.3, 0.4) is 0 Å². The smallest absolute Gasteiger partial charge is 0.255 e. The lowest BCUT2D eigenvalue weighted by Gasteiger charge is -2.46. The Morgan fingerprint density at radius 2 is 1.27 bits per heavy atom. The molecule has 0 radical (unpaired) electrons. The quantitative estimate of drug-likeness (QED) is 0.0520. The second kappa shape index (κ2) is 39.9. The van der Waals surface area contributed by atoms with Crippen molar-refractivity contribution in [3.63, 3.8) is 0 Å². The van der Waals surface area contributed by atoms with Gasteiger partial charge < -0.3 is 158 Å². The summed E-state index contributed by atoms with van der Waals surface area (Å²) >= 11 is 26.8. The minimum atomic E-state index is -2.41. The number of hydrogen-bond donors (Lipinski definition) is 23. The van der Waals surface area contributed by atoms with E-state index in [1.54, 1.807) is 24.3 Å². The van der Waals surface area contributed by atoms with Gasteiger partial charge in [-0.3, -0.25) is 38.4 Å². The van der Waals surface area contributed by atoms with Gasteiger partial charge in [-0.1, -0.05) is 90.6 Å². The molecule has 3 fully saturated rings. The van der Waals surface area contributed by atoms with E-state index in [1.165, 1.54) is 63.4 Å². The predicted molar refractivity (Wildman–Crippen MR) is 452 cm³/mol. The van der Waals surface area contributed by atoms with E-state index in [0.29, 0.717) is 11.3 Å². The summed E-state index contributed by atoms with van der Waals surface area (Å²) in [6.07, 6.45) is -31.5. The number of primary amides is 1. The summed E-state index contributed by atoms with van der Waals surface area (Å²) in [6.45, 7) is 5.24. The Bertz CT molecular complexity index is 5350. The van der Waals surface area contributed by atoms with E-state index < -0.39 is 279 Å². The molecule has 39 nitrogen and oxygen atoms in total. The number of benzene rings is 7. The number of nitrogens with one attached hydrogen (secondary N) is 9. The number of aromatic hydroxyl groups is 3. The van der Waals surface area contributed by atoms with Gasteiger partial charge in [0.05, 0.1) is 41.3 Å². The zero-order chi connectivity index (χ0) is 92.5. The first-order valence-corrected chi connectivity index (χ1v) is 41.8. The Labute approximate surface area is 749 Å². The number of aliphatic hydroxyl groups excluding tert-OH is 9.